The van der Waals surface area contributed by atoms with Gasteiger partial charge in [-0.25, -0.2) is 12.8 Å². The molecule has 3 aromatic rings. The molecule has 0 radical (unpaired) electrons. The Kier molecular flexibility index (Phi) is 5.75. The number of benzene rings is 3. The second-order valence-electron chi connectivity index (χ2n) is 8.62. The van der Waals surface area contributed by atoms with Crippen molar-refractivity contribution in [2.75, 3.05) is 13.1 Å². The lowest BCUT2D eigenvalue weighted by Gasteiger charge is -2.45. The van der Waals surface area contributed by atoms with Crippen molar-refractivity contribution < 1.29 is 12.8 Å². The molecule has 3 aromatic carbocycles. The molecule has 1 saturated heterocycles. The van der Waals surface area contributed by atoms with Crippen LogP contribution in [0.4, 0.5) is 4.39 Å². The maximum atomic E-state index is 15.4. The third-order valence-corrected chi connectivity index (χ3v) is 8.22. The smallest absolute Gasteiger partial charge is 0.243 e. The van der Waals surface area contributed by atoms with Gasteiger partial charge in [0.2, 0.25) is 10.0 Å². The van der Waals surface area contributed by atoms with E-state index in [-0.39, 0.29) is 24.4 Å². The first-order valence-electron chi connectivity index (χ1n) is 10.6. The first-order chi connectivity index (χ1) is 14.7. The molecule has 1 fully saturated rings. The summed E-state index contributed by atoms with van der Waals surface area (Å²) < 4.78 is 43.8. The fourth-order valence-corrected chi connectivity index (χ4v) is 6.42. The minimum Gasteiger partial charge on any atom is -0.246 e. The molecule has 0 saturated carbocycles. The second-order valence-corrected chi connectivity index (χ2v) is 10.6. The highest BCUT2D eigenvalue weighted by Gasteiger charge is 2.47. The first-order valence-corrected chi connectivity index (χ1v) is 12.0. The summed E-state index contributed by atoms with van der Waals surface area (Å²) in [6.45, 7) is 6.01. The van der Waals surface area contributed by atoms with Crippen LogP contribution in [0.1, 0.15) is 34.2 Å². The maximum absolute atomic E-state index is 15.4. The third kappa shape index (κ3) is 3.92. The number of nitrogens with zero attached hydrogens (tertiary/aromatic N) is 1. The molecule has 31 heavy (non-hydrogen) atoms. The summed E-state index contributed by atoms with van der Waals surface area (Å²) in [6, 6.07) is 22.6. The van der Waals surface area contributed by atoms with E-state index < -0.39 is 21.6 Å². The van der Waals surface area contributed by atoms with Gasteiger partial charge in [-0.15, -0.1) is 0 Å². The van der Waals surface area contributed by atoms with E-state index in [4.69, 9.17) is 0 Å². The van der Waals surface area contributed by atoms with Crippen LogP contribution < -0.4 is 0 Å². The monoisotopic (exact) mass is 437 g/mol. The zero-order valence-corrected chi connectivity index (χ0v) is 19.0. The van der Waals surface area contributed by atoms with Gasteiger partial charge in [0, 0.05) is 18.5 Å². The minimum atomic E-state index is -3.83. The first kappa shape index (κ1) is 21.7. The Hall–Kier alpha value is -2.50. The normalized spacial score (nSPS) is 19.3. The largest absolute Gasteiger partial charge is 0.246 e. The van der Waals surface area contributed by atoms with Crippen molar-refractivity contribution in [2.45, 2.75) is 43.7 Å². The lowest BCUT2D eigenvalue weighted by atomic mass is 9.67. The topological polar surface area (TPSA) is 37.4 Å². The number of rotatable bonds is 4. The standard InChI is InChI=1S/C26H28FNO2S/c1-19-12-14-23(15-13-19)31(29,30)28-17-22(27)16-26(18-28,24-10-6-4-8-20(24)2)25-11-7-5-9-21(25)3/h4-15,22H,16-18H2,1-3H3. The molecule has 1 unspecified atom stereocenters. The van der Waals surface area contributed by atoms with Crippen molar-refractivity contribution in [1.29, 1.82) is 0 Å². The Morgan fingerprint density at radius 2 is 1.35 bits per heavy atom. The molecule has 0 bridgehead atoms. The van der Waals surface area contributed by atoms with Crippen LogP contribution in [-0.4, -0.2) is 32.0 Å². The number of piperidine rings is 1. The molecule has 3 nitrogen and oxygen atoms in total. The molecule has 0 aliphatic carbocycles. The van der Waals surface area contributed by atoms with Gasteiger partial charge in [-0.1, -0.05) is 66.2 Å². The highest BCUT2D eigenvalue weighted by atomic mass is 32.2. The van der Waals surface area contributed by atoms with Gasteiger partial charge in [0.15, 0.2) is 0 Å². The fourth-order valence-electron chi connectivity index (χ4n) is 4.89. The van der Waals surface area contributed by atoms with Crippen molar-refractivity contribution in [1.82, 2.24) is 4.31 Å². The summed E-state index contributed by atoms with van der Waals surface area (Å²) in [7, 11) is -3.83. The molecule has 1 aliphatic rings. The molecule has 1 heterocycles. The van der Waals surface area contributed by atoms with E-state index >= 15 is 4.39 Å². The summed E-state index contributed by atoms with van der Waals surface area (Å²) in [5, 5.41) is 0. The highest BCUT2D eigenvalue weighted by Crippen LogP contribution is 2.44. The Morgan fingerprint density at radius 1 is 0.839 bits per heavy atom. The van der Waals surface area contributed by atoms with Crippen LogP contribution in [0.5, 0.6) is 0 Å². The number of hydrogen-bond donors (Lipinski definition) is 0. The molecule has 162 valence electrons. The van der Waals surface area contributed by atoms with E-state index in [1.807, 2.05) is 69.3 Å². The zero-order chi connectivity index (χ0) is 22.2. The molecule has 1 aliphatic heterocycles. The number of alkyl halides is 1. The lowest BCUT2D eigenvalue weighted by molar-refractivity contribution is 0.147. The molecular weight excluding hydrogens is 409 g/mol. The Balaban J connectivity index is 1.89. The second kappa shape index (κ2) is 8.21. The van der Waals surface area contributed by atoms with Crippen molar-refractivity contribution in [3.8, 4) is 0 Å². The molecule has 4 rings (SSSR count). The number of sulfonamides is 1. The van der Waals surface area contributed by atoms with Crippen LogP contribution in [0.2, 0.25) is 0 Å². The van der Waals surface area contributed by atoms with E-state index in [1.165, 1.54) is 4.31 Å². The minimum absolute atomic E-state index is 0.129. The van der Waals surface area contributed by atoms with E-state index in [1.54, 1.807) is 24.3 Å². The number of halogens is 1. The quantitative estimate of drug-likeness (QED) is 0.553. The van der Waals surface area contributed by atoms with Gasteiger partial charge in [0.1, 0.15) is 6.17 Å². The van der Waals surface area contributed by atoms with Crippen LogP contribution in [0.25, 0.3) is 0 Å². The summed E-state index contributed by atoms with van der Waals surface area (Å²) in [6.07, 6.45) is -1.02. The molecular formula is C26H28FNO2S. The van der Waals surface area contributed by atoms with E-state index in [0.29, 0.717) is 0 Å². The summed E-state index contributed by atoms with van der Waals surface area (Å²) >= 11 is 0. The van der Waals surface area contributed by atoms with Crippen LogP contribution in [0, 0.1) is 20.8 Å². The van der Waals surface area contributed by atoms with Crippen molar-refractivity contribution in [2.24, 2.45) is 0 Å². The van der Waals surface area contributed by atoms with E-state index in [0.717, 1.165) is 27.8 Å². The fraction of sp³-hybridized carbons (Fsp3) is 0.308. The van der Waals surface area contributed by atoms with E-state index in [2.05, 4.69) is 0 Å². The predicted molar refractivity (Wildman–Crippen MR) is 123 cm³/mol. The predicted octanol–water partition coefficient (Wildman–Crippen LogP) is 5.33. The molecule has 0 amide bonds. The van der Waals surface area contributed by atoms with Crippen LogP contribution >= 0.6 is 0 Å². The molecule has 1 atom stereocenters. The van der Waals surface area contributed by atoms with E-state index in [9.17, 15) is 8.42 Å². The molecule has 0 N–H and O–H groups in total. The van der Waals surface area contributed by atoms with Crippen LogP contribution in [0.3, 0.4) is 0 Å². The molecule has 0 aromatic heterocycles. The number of hydrogen-bond acceptors (Lipinski definition) is 2. The number of aryl methyl sites for hydroxylation is 3. The Bertz CT molecular complexity index is 1140. The van der Waals surface area contributed by atoms with Gasteiger partial charge in [-0.2, -0.15) is 4.31 Å². The summed E-state index contributed by atoms with van der Waals surface area (Å²) in [4.78, 5) is 0.204. The van der Waals surface area contributed by atoms with Crippen molar-refractivity contribution in [3.63, 3.8) is 0 Å². The molecule has 5 heteroatoms. The van der Waals surface area contributed by atoms with Crippen LogP contribution in [-0.2, 0) is 15.4 Å². The third-order valence-electron chi connectivity index (χ3n) is 6.40. The molecule has 0 spiro atoms. The average Bonchev–Trinajstić information content (AvgIpc) is 2.74. The Labute approximate surface area is 184 Å². The highest BCUT2D eigenvalue weighted by molar-refractivity contribution is 7.89. The average molecular weight is 438 g/mol. The maximum Gasteiger partial charge on any atom is 0.243 e. The Morgan fingerprint density at radius 3 is 1.87 bits per heavy atom. The van der Waals surface area contributed by atoms with Crippen LogP contribution in [0.15, 0.2) is 77.7 Å². The zero-order valence-electron chi connectivity index (χ0n) is 18.2. The SMILES string of the molecule is Cc1ccc(S(=O)(=O)N2CC(F)CC(c3ccccc3C)(c3ccccc3C)C2)cc1. The van der Waals surface area contributed by atoms with Crippen molar-refractivity contribution >= 4 is 10.0 Å². The van der Waals surface area contributed by atoms with Gasteiger partial charge in [-0.05, 0) is 61.6 Å². The lowest BCUT2D eigenvalue weighted by Crippen LogP contribution is -2.53. The van der Waals surface area contributed by atoms with Crippen molar-refractivity contribution in [3.05, 3.63) is 101 Å². The van der Waals surface area contributed by atoms with Gasteiger partial charge in [0.25, 0.3) is 0 Å². The van der Waals surface area contributed by atoms with Gasteiger partial charge >= 0.3 is 0 Å². The van der Waals surface area contributed by atoms with Gasteiger partial charge in [-0.3, -0.25) is 0 Å². The summed E-state index contributed by atoms with van der Waals surface area (Å²) in [5.41, 5.74) is 4.26. The van der Waals surface area contributed by atoms with Gasteiger partial charge < -0.3 is 0 Å². The summed E-state index contributed by atoms with van der Waals surface area (Å²) in [5.74, 6) is 0. The van der Waals surface area contributed by atoms with Gasteiger partial charge in [0.05, 0.1) is 4.90 Å².